The molecule has 0 saturated carbocycles. The average Bonchev–Trinajstić information content (AvgIpc) is 2.05. The molecule has 0 fully saturated rings. The molecule has 0 spiro atoms. The Kier molecular flexibility index (Phi) is 3.44. The smallest absolute Gasteiger partial charge is 0.129 e. The van der Waals surface area contributed by atoms with Crippen molar-refractivity contribution in [2.24, 2.45) is 0 Å². The minimum atomic E-state index is -0.295. The number of halogens is 1. The van der Waals surface area contributed by atoms with Gasteiger partial charge >= 0.3 is 0 Å². The Bertz CT molecular complexity index is 239. The summed E-state index contributed by atoms with van der Waals surface area (Å²) in [5.41, 5.74) is 0.910. The molecule has 1 aromatic rings. The Morgan fingerprint density at radius 3 is 3.00 bits per heavy atom. The van der Waals surface area contributed by atoms with E-state index < -0.39 is 0 Å². The third-order valence-corrected chi connectivity index (χ3v) is 1.42. The quantitative estimate of drug-likeness (QED) is 0.695. The summed E-state index contributed by atoms with van der Waals surface area (Å²) < 4.78 is 11.7. The number of rotatable bonds is 4. The summed E-state index contributed by atoms with van der Waals surface area (Å²) in [6.45, 7) is 2.21. The standard InChI is InChI=1S/C8H12FN3/c1-7-5-8(12-6-11-7)10-4-2-3-9/h5-6H,2-4H2,1H3,(H,10,11,12). The summed E-state index contributed by atoms with van der Waals surface area (Å²) in [7, 11) is 0. The molecule has 1 aromatic heterocycles. The van der Waals surface area contributed by atoms with Gasteiger partial charge in [-0.3, -0.25) is 4.39 Å². The van der Waals surface area contributed by atoms with Gasteiger partial charge in [-0.15, -0.1) is 0 Å². The van der Waals surface area contributed by atoms with E-state index >= 15 is 0 Å². The van der Waals surface area contributed by atoms with Gasteiger partial charge < -0.3 is 5.32 Å². The van der Waals surface area contributed by atoms with Crippen LogP contribution in [0.5, 0.6) is 0 Å². The monoisotopic (exact) mass is 169 g/mol. The average molecular weight is 169 g/mol. The number of aryl methyl sites for hydroxylation is 1. The van der Waals surface area contributed by atoms with Gasteiger partial charge in [0.2, 0.25) is 0 Å². The number of hydrogen-bond acceptors (Lipinski definition) is 3. The van der Waals surface area contributed by atoms with Crippen molar-refractivity contribution in [3.05, 3.63) is 18.1 Å². The van der Waals surface area contributed by atoms with Crippen LogP contribution in [0.25, 0.3) is 0 Å². The molecular weight excluding hydrogens is 157 g/mol. The number of alkyl halides is 1. The molecular formula is C8H12FN3. The molecule has 12 heavy (non-hydrogen) atoms. The zero-order valence-electron chi connectivity index (χ0n) is 7.05. The van der Waals surface area contributed by atoms with E-state index in [2.05, 4.69) is 15.3 Å². The van der Waals surface area contributed by atoms with Crippen molar-refractivity contribution in [1.29, 1.82) is 0 Å². The predicted molar refractivity (Wildman–Crippen MR) is 45.9 cm³/mol. The minimum absolute atomic E-state index is 0.295. The van der Waals surface area contributed by atoms with Gasteiger partial charge in [-0.1, -0.05) is 0 Å². The molecule has 0 aromatic carbocycles. The van der Waals surface area contributed by atoms with Crippen molar-refractivity contribution in [3.8, 4) is 0 Å². The second-order valence-electron chi connectivity index (χ2n) is 2.51. The normalized spacial score (nSPS) is 9.83. The van der Waals surface area contributed by atoms with E-state index in [-0.39, 0.29) is 6.67 Å². The van der Waals surface area contributed by atoms with Crippen LogP contribution in [-0.2, 0) is 0 Å². The highest BCUT2D eigenvalue weighted by Crippen LogP contribution is 2.01. The van der Waals surface area contributed by atoms with E-state index in [4.69, 9.17) is 0 Å². The number of hydrogen-bond donors (Lipinski definition) is 1. The Labute approximate surface area is 71.0 Å². The van der Waals surface area contributed by atoms with Crippen molar-refractivity contribution in [2.75, 3.05) is 18.5 Å². The Morgan fingerprint density at radius 1 is 1.50 bits per heavy atom. The largest absolute Gasteiger partial charge is 0.370 e. The molecule has 0 aliphatic rings. The van der Waals surface area contributed by atoms with Crippen molar-refractivity contribution in [1.82, 2.24) is 9.97 Å². The van der Waals surface area contributed by atoms with Crippen molar-refractivity contribution in [2.45, 2.75) is 13.3 Å². The lowest BCUT2D eigenvalue weighted by Crippen LogP contribution is -2.04. The van der Waals surface area contributed by atoms with Crippen LogP contribution in [0.3, 0.4) is 0 Å². The summed E-state index contributed by atoms with van der Waals surface area (Å²) in [6, 6.07) is 1.83. The molecule has 1 heterocycles. The fraction of sp³-hybridized carbons (Fsp3) is 0.500. The first-order chi connectivity index (χ1) is 5.83. The first-order valence-corrected chi connectivity index (χ1v) is 3.91. The number of anilines is 1. The number of nitrogens with zero attached hydrogens (tertiary/aromatic N) is 2. The van der Waals surface area contributed by atoms with Gasteiger partial charge in [0, 0.05) is 18.3 Å². The molecule has 0 aliphatic heterocycles. The summed E-state index contributed by atoms with van der Waals surface area (Å²) in [4.78, 5) is 7.91. The Balaban J connectivity index is 2.41. The lowest BCUT2D eigenvalue weighted by atomic mass is 10.4. The molecule has 0 bridgehead atoms. The lowest BCUT2D eigenvalue weighted by Gasteiger charge is -2.02. The van der Waals surface area contributed by atoms with Gasteiger partial charge in [0.1, 0.15) is 12.1 Å². The fourth-order valence-corrected chi connectivity index (χ4v) is 0.834. The van der Waals surface area contributed by atoms with Gasteiger partial charge in [0.15, 0.2) is 0 Å². The van der Waals surface area contributed by atoms with Crippen LogP contribution in [0.2, 0.25) is 0 Å². The molecule has 0 radical (unpaired) electrons. The molecule has 1 rings (SSSR count). The molecule has 3 nitrogen and oxygen atoms in total. The molecule has 0 aliphatic carbocycles. The zero-order chi connectivity index (χ0) is 8.81. The van der Waals surface area contributed by atoms with Gasteiger partial charge in [0.25, 0.3) is 0 Å². The highest BCUT2D eigenvalue weighted by Gasteiger charge is 1.92. The van der Waals surface area contributed by atoms with E-state index in [1.165, 1.54) is 6.33 Å². The zero-order valence-corrected chi connectivity index (χ0v) is 7.05. The third kappa shape index (κ3) is 2.82. The Morgan fingerprint density at radius 2 is 2.33 bits per heavy atom. The third-order valence-electron chi connectivity index (χ3n) is 1.42. The van der Waals surface area contributed by atoms with Crippen LogP contribution in [0.1, 0.15) is 12.1 Å². The molecule has 0 amide bonds. The molecule has 66 valence electrons. The summed E-state index contributed by atoms with van der Waals surface area (Å²) in [5.74, 6) is 0.760. The highest BCUT2D eigenvalue weighted by atomic mass is 19.1. The number of aromatic nitrogens is 2. The second-order valence-corrected chi connectivity index (χ2v) is 2.51. The lowest BCUT2D eigenvalue weighted by molar-refractivity contribution is 0.481. The maximum atomic E-state index is 11.7. The van der Waals surface area contributed by atoms with Crippen LogP contribution in [0.15, 0.2) is 12.4 Å². The second kappa shape index (κ2) is 4.64. The maximum absolute atomic E-state index is 11.7. The first-order valence-electron chi connectivity index (χ1n) is 3.91. The van der Waals surface area contributed by atoms with Crippen LogP contribution in [0, 0.1) is 6.92 Å². The van der Waals surface area contributed by atoms with Crippen molar-refractivity contribution in [3.63, 3.8) is 0 Å². The molecule has 0 atom stereocenters. The van der Waals surface area contributed by atoms with Crippen LogP contribution >= 0.6 is 0 Å². The first kappa shape index (κ1) is 8.90. The van der Waals surface area contributed by atoms with E-state index in [1.807, 2.05) is 13.0 Å². The van der Waals surface area contributed by atoms with Crippen LogP contribution in [0.4, 0.5) is 10.2 Å². The topological polar surface area (TPSA) is 37.8 Å². The summed E-state index contributed by atoms with van der Waals surface area (Å²) >= 11 is 0. The van der Waals surface area contributed by atoms with Gasteiger partial charge in [-0.25, -0.2) is 9.97 Å². The summed E-state index contributed by atoms with van der Waals surface area (Å²) in [6.07, 6.45) is 2.01. The van der Waals surface area contributed by atoms with Gasteiger partial charge in [-0.2, -0.15) is 0 Å². The minimum Gasteiger partial charge on any atom is -0.370 e. The van der Waals surface area contributed by atoms with E-state index in [9.17, 15) is 4.39 Å². The van der Waals surface area contributed by atoms with Crippen LogP contribution < -0.4 is 5.32 Å². The maximum Gasteiger partial charge on any atom is 0.129 e. The molecule has 0 unspecified atom stereocenters. The number of nitrogens with one attached hydrogen (secondary N) is 1. The van der Waals surface area contributed by atoms with E-state index in [1.54, 1.807) is 0 Å². The van der Waals surface area contributed by atoms with Gasteiger partial charge in [-0.05, 0) is 13.3 Å². The highest BCUT2D eigenvalue weighted by molar-refractivity contribution is 5.33. The Hall–Kier alpha value is -1.19. The van der Waals surface area contributed by atoms with Crippen LogP contribution in [-0.4, -0.2) is 23.2 Å². The molecule has 1 N–H and O–H groups in total. The summed E-state index contributed by atoms with van der Waals surface area (Å²) in [5, 5.41) is 3.00. The molecule has 4 heteroatoms. The van der Waals surface area contributed by atoms with Crippen molar-refractivity contribution < 1.29 is 4.39 Å². The van der Waals surface area contributed by atoms with E-state index in [0.717, 1.165) is 11.5 Å². The SMILES string of the molecule is Cc1cc(NCCCF)ncn1. The molecule has 0 saturated heterocycles. The van der Waals surface area contributed by atoms with Crippen molar-refractivity contribution >= 4 is 5.82 Å². The van der Waals surface area contributed by atoms with Gasteiger partial charge in [0.05, 0.1) is 6.67 Å². The fourth-order valence-electron chi connectivity index (χ4n) is 0.834. The predicted octanol–water partition coefficient (Wildman–Crippen LogP) is 1.56. The van der Waals surface area contributed by atoms with E-state index in [0.29, 0.717) is 13.0 Å².